The van der Waals surface area contributed by atoms with Crippen molar-refractivity contribution in [3.05, 3.63) is 71.3 Å². The van der Waals surface area contributed by atoms with Gasteiger partial charge in [0.1, 0.15) is 4.32 Å². The minimum absolute atomic E-state index is 0.0353. The lowest BCUT2D eigenvalue weighted by Crippen LogP contribution is -2.34. The van der Waals surface area contributed by atoms with Crippen LogP contribution in [0.3, 0.4) is 0 Å². The van der Waals surface area contributed by atoms with Crippen LogP contribution in [-0.4, -0.2) is 36.7 Å². The van der Waals surface area contributed by atoms with Crippen molar-refractivity contribution in [1.29, 1.82) is 0 Å². The predicted octanol–water partition coefficient (Wildman–Crippen LogP) is 6.65. The van der Waals surface area contributed by atoms with Crippen LogP contribution >= 0.6 is 35.7 Å². The first-order chi connectivity index (χ1) is 15.5. The maximum atomic E-state index is 13.0. The van der Waals surface area contributed by atoms with Gasteiger partial charge < -0.3 is 0 Å². The maximum Gasteiger partial charge on any atom is 0.266 e. The van der Waals surface area contributed by atoms with Crippen LogP contribution in [-0.2, 0) is 4.79 Å². The number of carbonyl (C=O) groups is 1. The van der Waals surface area contributed by atoms with Crippen LogP contribution in [0, 0.1) is 0 Å². The summed E-state index contributed by atoms with van der Waals surface area (Å²) in [5.74, 6) is 1.06. The lowest BCUT2D eigenvalue weighted by atomic mass is 10.1. The van der Waals surface area contributed by atoms with Crippen LogP contribution in [0.25, 0.3) is 23.0 Å². The average Bonchev–Trinajstić information content (AvgIpc) is 3.34. The van der Waals surface area contributed by atoms with Crippen molar-refractivity contribution in [3.8, 4) is 16.9 Å². The number of carbonyl (C=O) groups excluding carboxylic acids is 1. The number of amides is 1. The average molecular weight is 480 g/mol. The Labute approximate surface area is 203 Å². The zero-order valence-corrected chi connectivity index (χ0v) is 20.8. The molecule has 1 aliphatic heterocycles. The molecule has 0 bridgehead atoms. The van der Waals surface area contributed by atoms with Gasteiger partial charge in [-0.05, 0) is 56.4 Å². The molecule has 32 heavy (non-hydrogen) atoms. The highest BCUT2D eigenvalue weighted by Crippen LogP contribution is 2.36. The molecule has 0 radical (unpaired) electrons. The topological polar surface area (TPSA) is 38.1 Å². The Morgan fingerprint density at radius 2 is 1.84 bits per heavy atom. The van der Waals surface area contributed by atoms with Gasteiger partial charge in [0.15, 0.2) is 0 Å². The number of hydrogen-bond acceptors (Lipinski definition) is 5. The quantitative estimate of drug-likeness (QED) is 0.215. The molecule has 4 rings (SSSR count). The van der Waals surface area contributed by atoms with E-state index in [-0.39, 0.29) is 11.9 Å². The van der Waals surface area contributed by atoms with Crippen molar-refractivity contribution in [2.75, 3.05) is 5.75 Å². The molecule has 0 saturated carbocycles. The van der Waals surface area contributed by atoms with Crippen molar-refractivity contribution in [3.63, 3.8) is 0 Å². The fourth-order valence-electron chi connectivity index (χ4n) is 3.43. The summed E-state index contributed by atoms with van der Waals surface area (Å²) in [6, 6.07) is 18.5. The molecule has 0 atom stereocenters. The number of rotatable bonds is 7. The highest BCUT2D eigenvalue weighted by molar-refractivity contribution is 8.26. The van der Waals surface area contributed by atoms with Crippen LogP contribution in [0.15, 0.2) is 70.6 Å². The summed E-state index contributed by atoms with van der Waals surface area (Å²) in [7, 11) is 0. The summed E-state index contributed by atoms with van der Waals surface area (Å²) in [6.07, 6.45) is 5.04. The SMILES string of the molecule is CCCSc1ccc(-c2nn(-c3ccccc3)cc2/C=C2\SC(=S)N(C(C)C)C2=O)cc1. The third kappa shape index (κ3) is 4.85. The second-order valence-electron chi connectivity index (χ2n) is 7.73. The number of thioether (sulfide) groups is 2. The summed E-state index contributed by atoms with van der Waals surface area (Å²) >= 11 is 8.66. The monoisotopic (exact) mass is 479 g/mol. The van der Waals surface area contributed by atoms with E-state index in [4.69, 9.17) is 17.3 Å². The molecule has 1 aromatic heterocycles. The summed E-state index contributed by atoms with van der Waals surface area (Å²) in [5, 5.41) is 4.88. The van der Waals surface area contributed by atoms with Crippen molar-refractivity contribution in [2.45, 2.75) is 38.1 Å². The van der Waals surface area contributed by atoms with E-state index in [2.05, 4.69) is 31.2 Å². The minimum Gasteiger partial charge on any atom is -0.290 e. The van der Waals surface area contributed by atoms with E-state index < -0.39 is 0 Å². The van der Waals surface area contributed by atoms with Gasteiger partial charge in [0, 0.05) is 28.3 Å². The zero-order valence-electron chi connectivity index (χ0n) is 18.3. The van der Waals surface area contributed by atoms with Crippen molar-refractivity contribution < 1.29 is 4.79 Å². The predicted molar refractivity (Wildman–Crippen MR) is 140 cm³/mol. The first kappa shape index (κ1) is 22.8. The molecule has 0 spiro atoms. The molecular formula is C25H25N3OS3. The third-order valence-corrected chi connectivity index (χ3v) is 7.54. The molecule has 2 aromatic carbocycles. The van der Waals surface area contributed by atoms with Gasteiger partial charge in [0.2, 0.25) is 0 Å². The van der Waals surface area contributed by atoms with Crippen LogP contribution < -0.4 is 0 Å². The van der Waals surface area contributed by atoms with Crippen molar-refractivity contribution in [1.82, 2.24) is 14.7 Å². The van der Waals surface area contributed by atoms with Gasteiger partial charge in [0.05, 0.1) is 16.3 Å². The van der Waals surface area contributed by atoms with Crippen molar-refractivity contribution >= 4 is 52.0 Å². The van der Waals surface area contributed by atoms with E-state index in [1.807, 2.05) is 72.9 Å². The molecule has 2 heterocycles. The fourth-order valence-corrected chi connectivity index (χ4v) is 5.71. The number of thiocarbonyl (C=S) groups is 1. The summed E-state index contributed by atoms with van der Waals surface area (Å²) in [4.78, 5) is 16.5. The first-order valence-electron chi connectivity index (χ1n) is 10.6. The van der Waals surface area contributed by atoms with Gasteiger partial charge >= 0.3 is 0 Å². The van der Waals surface area contributed by atoms with E-state index in [0.717, 1.165) is 34.7 Å². The highest BCUT2D eigenvalue weighted by Gasteiger charge is 2.34. The molecule has 0 aliphatic carbocycles. The van der Waals surface area contributed by atoms with Crippen LogP contribution in [0.2, 0.25) is 0 Å². The van der Waals surface area contributed by atoms with Gasteiger partial charge in [-0.1, -0.05) is 61.2 Å². The van der Waals surface area contributed by atoms with Gasteiger partial charge in [0.25, 0.3) is 5.91 Å². The highest BCUT2D eigenvalue weighted by atomic mass is 32.2. The molecule has 1 fully saturated rings. The van der Waals surface area contributed by atoms with Gasteiger partial charge in [-0.3, -0.25) is 9.69 Å². The Kier molecular flexibility index (Phi) is 7.18. The second-order valence-corrected chi connectivity index (χ2v) is 10.6. The number of para-hydroxylation sites is 1. The van der Waals surface area contributed by atoms with E-state index in [1.165, 1.54) is 16.7 Å². The van der Waals surface area contributed by atoms with Gasteiger partial charge in [-0.25, -0.2) is 4.68 Å². The molecule has 3 aromatic rings. The normalized spacial score (nSPS) is 15.4. The number of hydrogen-bond donors (Lipinski definition) is 0. The fraction of sp³-hybridized carbons (Fsp3) is 0.240. The Hall–Kier alpha value is -2.35. The maximum absolute atomic E-state index is 13.0. The van der Waals surface area contributed by atoms with E-state index in [9.17, 15) is 4.79 Å². The first-order valence-corrected chi connectivity index (χ1v) is 12.8. The lowest BCUT2D eigenvalue weighted by Gasteiger charge is -2.18. The molecular weight excluding hydrogens is 454 g/mol. The molecule has 164 valence electrons. The van der Waals surface area contributed by atoms with Crippen molar-refractivity contribution in [2.24, 2.45) is 0 Å². The Morgan fingerprint density at radius 3 is 2.47 bits per heavy atom. The van der Waals surface area contributed by atoms with Gasteiger partial charge in [-0.2, -0.15) is 5.10 Å². The molecule has 7 heteroatoms. The van der Waals surface area contributed by atoms with Gasteiger partial charge in [-0.15, -0.1) is 11.8 Å². The Balaban J connectivity index is 1.75. The second kappa shape index (κ2) is 10.1. The molecule has 0 unspecified atom stereocenters. The van der Waals surface area contributed by atoms with E-state index in [1.54, 1.807) is 4.90 Å². The largest absolute Gasteiger partial charge is 0.290 e. The molecule has 1 amide bonds. The zero-order chi connectivity index (χ0) is 22.7. The molecule has 4 nitrogen and oxygen atoms in total. The number of benzene rings is 2. The molecule has 1 aliphatic rings. The standard InChI is InChI=1S/C25H25N3OS3/c1-4-14-31-21-12-10-18(11-13-21)23-19(16-27(26-23)20-8-6-5-7-9-20)15-22-24(29)28(17(2)3)25(30)32-22/h5-13,15-17H,4,14H2,1-3H3/b22-15-. The van der Waals surface area contributed by atoms with E-state index in [0.29, 0.717) is 9.23 Å². The smallest absolute Gasteiger partial charge is 0.266 e. The number of nitrogens with zero attached hydrogens (tertiary/aromatic N) is 3. The van der Waals surface area contributed by atoms with Crippen LogP contribution in [0.5, 0.6) is 0 Å². The Bertz CT molecular complexity index is 1150. The third-order valence-electron chi connectivity index (χ3n) is 4.99. The summed E-state index contributed by atoms with van der Waals surface area (Å²) in [5.41, 5.74) is 3.73. The van der Waals surface area contributed by atoms with Crippen LogP contribution in [0.1, 0.15) is 32.8 Å². The van der Waals surface area contributed by atoms with Crippen LogP contribution in [0.4, 0.5) is 0 Å². The lowest BCUT2D eigenvalue weighted by molar-refractivity contribution is -0.123. The number of aromatic nitrogens is 2. The van der Waals surface area contributed by atoms with E-state index >= 15 is 0 Å². The molecule has 1 saturated heterocycles. The summed E-state index contributed by atoms with van der Waals surface area (Å²) < 4.78 is 2.47. The summed E-state index contributed by atoms with van der Waals surface area (Å²) in [6.45, 7) is 6.14. The molecule has 0 N–H and O–H groups in total. The minimum atomic E-state index is -0.0419. The Morgan fingerprint density at radius 1 is 1.12 bits per heavy atom.